The van der Waals surface area contributed by atoms with Crippen molar-refractivity contribution in [3.8, 4) is 6.07 Å². The summed E-state index contributed by atoms with van der Waals surface area (Å²) < 4.78 is 0. The van der Waals surface area contributed by atoms with Gasteiger partial charge in [-0.2, -0.15) is 5.26 Å². The fourth-order valence-electron chi connectivity index (χ4n) is 2.25. The number of nitrogens with one attached hydrogen (secondary N) is 1. The Kier molecular flexibility index (Phi) is 4.70. The van der Waals surface area contributed by atoms with Gasteiger partial charge in [0, 0.05) is 27.9 Å². The van der Waals surface area contributed by atoms with E-state index in [0.717, 1.165) is 26.5 Å². The van der Waals surface area contributed by atoms with Crippen LogP contribution in [0.1, 0.15) is 12.5 Å². The van der Waals surface area contributed by atoms with E-state index in [-0.39, 0.29) is 5.91 Å². The summed E-state index contributed by atoms with van der Waals surface area (Å²) in [6.45, 7) is 1.47. The quantitative estimate of drug-likeness (QED) is 0.729. The Bertz CT molecular complexity index is 964. The van der Waals surface area contributed by atoms with Gasteiger partial charge in [0.1, 0.15) is 5.03 Å². The molecule has 0 aliphatic carbocycles. The predicted octanol–water partition coefficient (Wildman–Crippen LogP) is 4.87. The number of nitrogens with zero attached hydrogens (tertiary/aromatic N) is 2. The number of aromatic nitrogens is 1. The Morgan fingerprint density at radius 2 is 1.96 bits per heavy atom. The van der Waals surface area contributed by atoms with Crippen LogP contribution >= 0.6 is 23.4 Å². The molecular weight excluding hydrogens is 342 g/mol. The molecule has 3 aromatic rings. The maximum Gasteiger partial charge on any atom is 0.221 e. The van der Waals surface area contributed by atoms with Crippen molar-refractivity contribution in [1.82, 2.24) is 4.98 Å². The number of nitriles is 1. The molecule has 24 heavy (non-hydrogen) atoms. The van der Waals surface area contributed by atoms with Crippen molar-refractivity contribution in [3.05, 3.63) is 59.1 Å². The fourth-order valence-corrected chi connectivity index (χ4v) is 3.26. The standard InChI is InChI=1S/C18H12ClN3OS/c1-11(23)21-14-3-5-15(6-4-14)24-18-8-12(10-20)16-9-13(19)2-7-17(16)22-18/h2-9H,1H3,(H,21,23). The van der Waals surface area contributed by atoms with Crippen LogP contribution in [0.5, 0.6) is 0 Å². The molecule has 3 rings (SSSR count). The normalized spacial score (nSPS) is 10.4. The molecule has 0 unspecified atom stereocenters. The third kappa shape index (κ3) is 3.67. The van der Waals surface area contributed by atoms with Crippen molar-refractivity contribution < 1.29 is 4.79 Å². The van der Waals surface area contributed by atoms with Crippen molar-refractivity contribution in [1.29, 1.82) is 5.26 Å². The summed E-state index contributed by atoms with van der Waals surface area (Å²) in [6, 6.07) is 16.7. The van der Waals surface area contributed by atoms with Crippen LogP contribution in [0, 0.1) is 11.3 Å². The highest BCUT2D eigenvalue weighted by Crippen LogP contribution is 2.31. The first-order chi connectivity index (χ1) is 11.5. The van der Waals surface area contributed by atoms with E-state index >= 15 is 0 Å². The number of carbonyl (C=O) groups is 1. The van der Waals surface area contributed by atoms with Crippen LogP contribution in [-0.2, 0) is 4.79 Å². The largest absolute Gasteiger partial charge is 0.326 e. The number of pyridine rings is 1. The van der Waals surface area contributed by atoms with Gasteiger partial charge in [0.05, 0.1) is 17.1 Å². The second-order valence-corrected chi connectivity index (χ2v) is 6.62. The van der Waals surface area contributed by atoms with Crippen LogP contribution in [0.2, 0.25) is 5.02 Å². The summed E-state index contributed by atoms with van der Waals surface area (Å²) in [5.41, 5.74) is 2.02. The molecule has 0 atom stereocenters. The van der Waals surface area contributed by atoms with Crippen molar-refractivity contribution in [2.24, 2.45) is 0 Å². The van der Waals surface area contributed by atoms with Crippen molar-refractivity contribution in [2.75, 3.05) is 5.32 Å². The molecule has 0 saturated heterocycles. The average molecular weight is 354 g/mol. The second-order valence-electron chi connectivity index (χ2n) is 5.09. The SMILES string of the molecule is CC(=O)Nc1ccc(Sc2cc(C#N)c3cc(Cl)ccc3n2)cc1. The lowest BCUT2D eigenvalue weighted by molar-refractivity contribution is -0.114. The minimum atomic E-state index is -0.107. The Labute approximate surface area is 148 Å². The van der Waals surface area contributed by atoms with Crippen LogP contribution in [0.4, 0.5) is 5.69 Å². The van der Waals surface area contributed by atoms with Gasteiger partial charge in [0.2, 0.25) is 5.91 Å². The fraction of sp³-hybridized carbons (Fsp3) is 0.0556. The Morgan fingerprint density at radius 3 is 2.62 bits per heavy atom. The minimum absolute atomic E-state index is 0.107. The van der Waals surface area contributed by atoms with Crippen LogP contribution in [0.15, 0.2) is 58.5 Å². The van der Waals surface area contributed by atoms with E-state index in [1.165, 1.54) is 18.7 Å². The monoisotopic (exact) mass is 353 g/mol. The maximum absolute atomic E-state index is 11.0. The van der Waals surface area contributed by atoms with Gasteiger partial charge in [0.15, 0.2) is 0 Å². The van der Waals surface area contributed by atoms with Gasteiger partial charge in [-0.15, -0.1) is 0 Å². The number of anilines is 1. The summed E-state index contributed by atoms with van der Waals surface area (Å²) in [7, 11) is 0. The van der Waals surface area contributed by atoms with Crippen LogP contribution in [0.3, 0.4) is 0 Å². The van der Waals surface area contributed by atoms with E-state index in [2.05, 4.69) is 16.4 Å². The smallest absolute Gasteiger partial charge is 0.221 e. The van der Waals surface area contributed by atoms with Gasteiger partial charge in [-0.3, -0.25) is 4.79 Å². The molecule has 0 fully saturated rings. The number of hydrogen-bond donors (Lipinski definition) is 1. The third-order valence-electron chi connectivity index (χ3n) is 3.26. The summed E-state index contributed by atoms with van der Waals surface area (Å²) in [5.74, 6) is -0.107. The molecule has 0 aliphatic heterocycles. The molecule has 118 valence electrons. The summed E-state index contributed by atoms with van der Waals surface area (Å²) in [6.07, 6.45) is 0. The highest BCUT2D eigenvalue weighted by molar-refractivity contribution is 7.99. The molecule has 6 heteroatoms. The van der Waals surface area contributed by atoms with Gasteiger partial charge in [-0.1, -0.05) is 23.4 Å². The predicted molar refractivity (Wildman–Crippen MR) is 96.3 cm³/mol. The molecule has 0 saturated carbocycles. The zero-order chi connectivity index (χ0) is 17.1. The maximum atomic E-state index is 11.0. The van der Waals surface area contributed by atoms with Crippen LogP contribution < -0.4 is 5.32 Å². The molecule has 1 heterocycles. The van der Waals surface area contributed by atoms with Crippen molar-refractivity contribution in [2.45, 2.75) is 16.8 Å². The first-order valence-electron chi connectivity index (χ1n) is 7.11. The molecule has 0 aliphatic rings. The van der Waals surface area contributed by atoms with Crippen LogP contribution in [0.25, 0.3) is 10.9 Å². The van der Waals surface area contributed by atoms with E-state index in [9.17, 15) is 10.1 Å². The Balaban J connectivity index is 1.91. The second kappa shape index (κ2) is 6.91. The minimum Gasteiger partial charge on any atom is -0.326 e. The average Bonchev–Trinajstić information content (AvgIpc) is 2.56. The third-order valence-corrected chi connectivity index (χ3v) is 4.43. The number of fused-ring (bicyclic) bond motifs is 1. The Morgan fingerprint density at radius 1 is 1.21 bits per heavy atom. The van der Waals surface area contributed by atoms with E-state index < -0.39 is 0 Å². The first kappa shape index (κ1) is 16.3. The number of rotatable bonds is 3. The van der Waals surface area contributed by atoms with E-state index in [4.69, 9.17) is 11.6 Å². The zero-order valence-corrected chi connectivity index (χ0v) is 14.3. The van der Waals surface area contributed by atoms with Gasteiger partial charge in [-0.25, -0.2) is 4.98 Å². The zero-order valence-electron chi connectivity index (χ0n) is 12.7. The summed E-state index contributed by atoms with van der Waals surface area (Å²) in [4.78, 5) is 16.6. The molecule has 1 N–H and O–H groups in total. The molecular formula is C18H12ClN3OS. The Hall–Kier alpha value is -2.55. The van der Waals surface area contributed by atoms with Gasteiger partial charge >= 0.3 is 0 Å². The molecule has 2 aromatic carbocycles. The van der Waals surface area contributed by atoms with Gasteiger partial charge < -0.3 is 5.32 Å². The van der Waals surface area contributed by atoms with E-state index in [0.29, 0.717) is 10.6 Å². The molecule has 1 aromatic heterocycles. The molecule has 1 amide bonds. The number of hydrogen-bond acceptors (Lipinski definition) is 4. The molecule has 0 bridgehead atoms. The summed E-state index contributed by atoms with van der Waals surface area (Å²) in [5, 5.41) is 14.1. The van der Waals surface area contributed by atoms with Gasteiger partial charge in [0.25, 0.3) is 0 Å². The number of amides is 1. The highest BCUT2D eigenvalue weighted by atomic mass is 35.5. The molecule has 0 radical (unpaired) electrons. The number of carbonyl (C=O) groups excluding carboxylic acids is 1. The topological polar surface area (TPSA) is 65.8 Å². The van der Waals surface area contributed by atoms with E-state index in [1.807, 2.05) is 30.3 Å². The molecule has 4 nitrogen and oxygen atoms in total. The number of benzene rings is 2. The van der Waals surface area contributed by atoms with Crippen molar-refractivity contribution in [3.63, 3.8) is 0 Å². The molecule has 0 spiro atoms. The van der Waals surface area contributed by atoms with E-state index in [1.54, 1.807) is 18.2 Å². The van der Waals surface area contributed by atoms with Crippen molar-refractivity contribution >= 4 is 45.9 Å². The lowest BCUT2D eigenvalue weighted by Crippen LogP contribution is -2.05. The number of halogens is 1. The van der Waals surface area contributed by atoms with Gasteiger partial charge in [-0.05, 0) is 48.5 Å². The summed E-state index contributed by atoms with van der Waals surface area (Å²) >= 11 is 7.45. The first-order valence-corrected chi connectivity index (χ1v) is 8.30. The van der Waals surface area contributed by atoms with Crippen LogP contribution in [-0.4, -0.2) is 10.9 Å². The highest BCUT2D eigenvalue weighted by Gasteiger charge is 2.08. The lowest BCUT2D eigenvalue weighted by Gasteiger charge is -2.07. The lowest BCUT2D eigenvalue weighted by atomic mass is 10.1.